The smallest absolute Gasteiger partial charge is 0.0912 e. The first-order valence-electron chi connectivity index (χ1n) is 5.12. The molecule has 76 valence electrons. The van der Waals surface area contributed by atoms with E-state index in [1.807, 2.05) is 13.0 Å². The minimum absolute atomic E-state index is 0.304. The third kappa shape index (κ3) is 2.82. The van der Waals surface area contributed by atoms with Crippen molar-refractivity contribution in [1.29, 1.82) is 0 Å². The van der Waals surface area contributed by atoms with Crippen molar-refractivity contribution < 1.29 is 9.84 Å². The van der Waals surface area contributed by atoms with Crippen LogP contribution in [0.5, 0.6) is 0 Å². The molecular formula is C11H20O2. The topological polar surface area (TPSA) is 29.5 Å². The molecule has 0 aliphatic carbocycles. The summed E-state index contributed by atoms with van der Waals surface area (Å²) in [4.78, 5) is 0. The fourth-order valence-corrected chi connectivity index (χ4v) is 1.80. The average Bonchev–Trinajstić information content (AvgIpc) is 2.15. The number of hydrogen-bond acceptors (Lipinski definition) is 2. The Morgan fingerprint density at radius 2 is 2.38 bits per heavy atom. The third-order valence-electron chi connectivity index (χ3n) is 2.85. The van der Waals surface area contributed by atoms with Crippen LogP contribution in [0.3, 0.4) is 0 Å². The average molecular weight is 184 g/mol. The summed E-state index contributed by atoms with van der Waals surface area (Å²) in [5.41, 5.74) is -0.304. The van der Waals surface area contributed by atoms with E-state index in [9.17, 15) is 5.11 Å². The molecule has 2 unspecified atom stereocenters. The molecule has 1 aliphatic rings. The first-order chi connectivity index (χ1) is 6.19. The zero-order chi connectivity index (χ0) is 9.73. The van der Waals surface area contributed by atoms with Crippen LogP contribution in [0.2, 0.25) is 0 Å². The van der Waals surface area contributed by atoms with Crippen molar-refractivity contribution in [2.75, 3.05) is 6.61 Å². The lowest BCUT2D eigenvalue weighted by molar-refractivity contribution is -0.137. The molecule has 1 aliphatic heterocycles. The van der Waals surface area contributed by atoms with E-state index < -0.39 is 0 Å². The lowest BCUT2D eigenvalue weighted by Gasteiger charge is -2.37. The summed E-state index contributed by atoms with van der Waals surface area (Å²) in [5.74, 6) is 0. The molecule has 13 heavy (non-hydrogen) atoms. The van der Waals surface area contributed by atoms with E-state index in [4.69, 9.17) is 4.74 Å². The van der Waals surface area contributed by atoms with Gasteiger partial charge in [-0.2, -0.15) is 0 Å². The van der Waals surface area contributed by atoms with Gasteiger partial charge in [0.05, 0.1) is 11.7 Å². The first-order valence-corrected chi connectivity index (χ1v) is 5.12. The molecule has 0 amide bonds. The Hall–Kier alpha value is -0.340. The van der Waals surface area contributed by atoms with E-state index in [0.717, 1.165) is 32.3 Å². The van der Waals surface area contributed by atoms with Crippen LogP contribution in [-0.2, 0) is 4.74 Å². The predicted octanol–water partition coefficient (Wildman–Crippen LogP) is 2.27. The van der Waals surface area contributed by atoms with Gasteiger partial charge in [-0.1, -0.05) is 6.08 Å². The Morgan fingerprint density at radius 3 is 2.92 bits per heavy atom. The number of allylic oxidation sites excluding steroid dienone is 1. The van der Waals surface area contributed by atoms with Crippen molar-refractivity contribution >= 4 is 0 Å². The van der Waals surface area contributed by atoms with Gasteiger partial charge in [-0.05, 0) is 39.0 Å². The standard InChI is InChI=1S/C11H20O2/c1-3-4-7-10(12)11(2)8-5-6-9-13-11/h3,10,12H,1,4-9H2,2H3. The molecule has 1 saturated heterocycles. The van der Waals surface area contributed by atoms with Crippen LogP contribution in [0.15, 0.2) is 12.7 Å². The van der Waals surface area contributed by atoms with E-state index >= 15 is 0 Å². The molecule has 0 bridgehead atoms. The van der Waals surface area contributed by atoms with Gasteiger partial charge >= 0.3 is 0 Å². The van der Waals surface area contributed by atoms with Crippen LogP contribution in [0, 0.1) is 0 Å². The minimum Gasteiger partial charge on any atom is -0.390 e. The van der Waals surface area contributed by atoms with Crippen LogP contribution < -0.4 is 0 Å². The summed E-state index contributed by atoms with van der Waals surface area (Å²) in [7, 11) is 0. The SMILES string of the molecule is C=CCCC(O)C1(C)CCCCO1. The summed E-state index contributed by atoms with van der Waals surface area (Å²) in [6.07, 6.45) is 6.40. The zero-order valence-corrected chi connectivity index (χ0v) is 8.46. The Balaban J connectivity index is 2.41. The molecule has 2 atom stereocenters. The van der Waals surface area contributed by atoms with Crippen molar-refractivity contribution in [3.8, 4) is 0 Å². The molecular weight excluding hydrogens is 164 g/mol. The molecule has 1 fully saturated rings. The van der Waals surface area contributed by atoms with Crippen molar-refractivity contribution in [2.45, 2.75) is 50.7 Å². The Kier molecular flexibility index (Phi) is 3.94. The van der Waals surface area contributed by atoms with Crippen molar-refractivity contribution in [1.82, 2.24) is 0 Å². The molecule has 0 saturated carbocycles. The molecule has 0 radical (unpaired) electrons. The second-order valence-corrected chi connectivity index (χ2v) is 4.00. The fraction of sp³-hybridized carbons (Fsp3) is 0.818. The molecule has 2 nitrogen and oxygen atoms in total. The largest absolute Gasteiger partial charge is 0.390 e. The van der Waals surface area contributed by atoms with Crippen molar-refractivity contribution in [2.24, 2.45) is 0 Å². The van der Waals surface area contributed by atoms with Gasteiger partial charge in [0.25, 0.3) is 0 Å². The number of hydrogen-bond donors (Lipinski definition) is 1. The molecule has 1 N–H and O–H groups in total. The summed E-state index contributed by atoms with van der Waals surface area (Å²) in [5, 5.41) is 9.89. The number of aliphatic hydroxyl groups excluding tert-OH is 1. The van der Waals surface area contributed by atoms with Crippen LogP contribution in [0.25, 0.3) is 0 Å². The lowest BCUT2D eigenvalue weighted by Crippen LogP contribution is -2.44. The maximum Gasteiger partial charge on any atom is 0.0912 e. The summed E-state index contributed by atoms with van der Waals surface area (Å²) < 4.78 is 5.64. The Bertz CT molecular complexity index is 159. The quantitative estimate of drug-likeness (QED) is 0.679. The zero-order valence-electron chi connectivity index (χ0n) is 8.46. The lowest BCUT2D eigenvalue weighted by atomic mass is 9.88. The maximum absolute atomic E-state index is 9.89. The van der Waals surface area contributed by atoms with Crippen LogP contribution in [0.4, 0.5) is 0 Å². The minimum atomic E-state index is -0.342. The van der Waals surface area contributed by atoms with E-state index in [1.165, 1.54) is 6.42 Å². The monoisotopic (exact) mass is 184 g/mol. The normalized spacial score (nSPS) is 31.2. The second kappa shape index (κ2) is 4.77. The van der Waals surface area contributed by atoms with Gasteiger partial charge in [0, 0.05) is 6.61 Å². The van der Waals surface area contributed by atoms with E-state index in [1.54, 1.807) is 0 Å². The fourth-order valence-electron chi connectivity index (χ4n) is 1.80. The summed E-state index contributed by atoms with van der Waals surface area (Å²) in [6, 6.07) is 0. The van der Waals surface area contributed by atoms with Gasteiger partial charge in [0.15, 0.2) is 0 Å². The number of aliphatic hydroxyl groups is 1. The molecule has 0 aromatic carbocycles. The highest BCUT2D eigenvalue weighted by atomic mass is 16.5. The van der Waals surface area contributed by atoms with Crippen molar-refractivity contribution in [3.63, 3.8) is 0 Å². The second-order valence-electron chi connectivity index (χ2n) is 4.00. The van der Waals surface area contributed by atoms with Gasteiger partial charge in [-0.15, -0.1) is 6.58 Å². The van der Waals surface area contributed by atoms with Gasteiger partial charge in [-0.3, -0.25) is 0 Å². The van der Waals surface area contributed by atoms with Crippen molar-refractivity contribution in [3.05, 3.63) is 12.7 Å². The number of ether oxygens (including phenoxy) is 1. The highest BCUT2D eigenvalue weighted by molar-refractivity contribution is 4.87. The van der Waals surface area contributed by atoms with Gasteiger partial charge in [0.1, 0.15) is 0 Å². The Morgan fingerprint density at radius 1 is 1.62 bits per heavy atom. The van der Waals surface area contributed by atoms with Gasteiger partial charge in [0.2, 0.25) is 0 Å². The highest BCUT2D eigenvalue weighted by Gasteiger charge is 2.34. The van der Waals surface area contributed by atoms with Crippen LogP contribution >= 0.6 is 0 Å². The van der Waals surface area contributed by atoms with Gasteiger partial charge in [-0.25, -0.2) is 0 Å². The highest BCUT2D eigenvalue weighted by Crippen LogP contribution is 2.29. The molecule has 1 rings (SSSR count). The molecule has 0 aromatic heterocycles. The maximum atomic E-state index is 9.89. The first kappa shape index (κ1) is 10.7. The molecule has 1 heterocycles. The molecule has 0 spiro atoms. The molecule has 2 heteroatoms. The van der Waals surface area contributed by atoms with Gasteiger partial charge < -0.3 is 9.84 Å². The Labute approximate surface area is 80.6 Å². The van der Waals surface area contributed by atoms with E-state index in [2.05, 4.69) is 6.58 Å². The van der Waals surface area contributed by atoms with Crippen LogP contribution in [0.1, 0.15) is 39.0 Å². The predicted molar refractivity (Wildman–Crippen MR) is 53.6 cm³/mol. The van der Waals surface area contributed by atoms with E-state index in [0.29, 0.717) is 0 Å². The molecule has 0 aromatic rings. The third-order valence-corrected chi connectivity index (χ3v) is 2.85. The summed E-state index contributed by atoms with van der Waals surface area (Å²) >= 11 is 0. The summed E-state index contributed by atoms with van der Waals surface area (Å²) in [6.45, 7) is 6.46. The van der Waals surface area contributed by atoms with Crippen LogP contribution in [-0.4, -0.2) is 23.4 Å². The number of rotatable bonds is 4. The van der Waals surface area contributed by atoms with E-state index in [-0.39, 0.29) is 11.7 Å².